The molecule has 0 spiro atoms. The Morgan fingerprint density at radius 3 is 2.83 bits per heavy atom. The summed E-state index contributed by atoms with van der Waals surface area (Å²) >= 11 is 0. The quantitative estimate of drug-likeness (QED) is 0.731. The molecule has 18 heavy (non-hydrogen) atoms. The van der Waals surface area contributed by atoms with Gasteiger partial charge in [0.05, 0.1) is 13.0 Å². The third-order valence-electron chi connectivity index (χ3n) is 3.33. The number of hydrogen-bond acceptors (Lipinski definition) is 3. The molecule has 1 N–H and O–H groups in total. The van der Waals surface area contributed by atoms with Crippen LogP contribution in [0.3, 0.4) is 0 Å². The molecule has 2 atom stereocenters. The van der Waals surface area contributed by atoms with Crippen molar-refractivity contribution in [2.24, 2.45) is 5.92 Å². The number of halogens is 2. The largest absolute Gasteiger partial charge is 0.375 e. The Hall–Kier alpha value is -0.750. The van der Waals surface area contributed by atoms with Crippen molar-refractivity contribution in [3.8, 4) is 0 Å². The summed E-state index contributed by atoms with van der Waals surface area (Å²) in [6, 6.07) is 0.448. The SMILES string of the molecule is CNC1CCN(C(=O)CCOCC(F)F)CC1C. The maximum atomic E-state index is 11.8. The van der Waals surface area contributed by atoms with E-state index in [0.717, 1.165) is 19.5 Å². The smallest absolute Gasteiger partial charge is 0.261 e. The van der Waals surface area contributed by atoms with Crippen molar-refractivity contribution in [2.75, 3.05) is 33.4 Å². The molecule has 1 aliphatic rings. The standard InChI is InChI=1S/C12H22F2N2O2/c1-9-7-16(5-3-10(9)15-2)12(17)4-6-18-8-11(13)14/h9-11,15H,3-8H2,1-2H3. The van der Waals surface area contributed by atoms with Crippen LogP contribution in [-0.2, 0) is 9.53 Å². The van der Waals surface area contributed by atoms with E-state index in [1.807, 2.05) is 7.05 Å². The Labute approximate surface area is 107 Å². The fourth-order valence-corrected chi connectivity index (χ4v) is 2.29. The van der Waals surface area contributed by atoms with E-state index < -0.39 is 13.0 Å². The third-order valence-corrected chi connectivity index (χ3v) is 3.33. The molecule has 0 aliphatic carbocycles. The molecule has 0 radical (unpaired) electrons. The maximum Gasteiger partial charge on any atom is 0.261 e. The van der Waals surface area contributed by atoms with Crippen molar-refractivity contribution in [1.82, 2.24) is 10.2 Å². The third kappa shape index (κ3) is 4.86. The average Bonchev–Trinajstić information content (AvgIpc) is 2.34. The fraction of sp³-hybridized carbons (Fsp3) is 0.917. The summed E-state index contributed by atoms with van der Waals surface area (Å²) in [7, 11) is 1.93. The predicted octanol–water partition coefficient (Wildman–Crippen LogP) is 1.11. The molecule has 0 bridgehead atoms. The fourth-order valence-electron chi connectivity index (χ4n) is 2.29. The summed E-state index contributed by atoms with van der Waals surface area (Å²) in [5, 5.41) is 3.23. The molecule has 1 saturated heterocycles. The van der Waals surface area contributed by atoms with Crippen LogP contribution in [0, 0.1) is 5.92 Å². The number of carbonyl (C=O) groups is 1. The summed E-state index contributed by atoms with van der Waals surface area (Å²) in [6.45, 7) is 3.03. The minimum Gasteiger partial charge on any atom is -0.375 e. The zero-order valence-corrected chi connectivity index (χ0v) is 11.0. The number of piperidine rings is 1. The number of amides is 1. The molecule has 1 fully saturated rings. The van der Waals surface area contributed by atoms with Gasteiger partial charge in [0.2, 0.25) is 5.91 Å². The van der Waals surface area contributed by atoms with Gasteiger partial charge in [-0.15, -0.1) is 0 Å². The van der Waals surface area contributed by atoms with Gasteiger partial charge in [-0.1, -0.05) is 6.92 Å². The van der Waals surface area contributed by atoms with E-state index in [-0.39, 0.29) is 18.9 Å². The highest BCUT2D eigenvalue weighted by Gasteiger charge is 2.27. The van der Waals surface area contributed by atoms with Gasteiger partial charge in [-0.3, -0.25) is 4.79 Å². The van der Waals surface area contributed by atoms with Crippen molar-refractivity contribution < 1.29 is 18.3 Å². The zero-order chi connectivity index (χ0) is 13.5. The molecule has 106 valence electrons. The second-order valence-electron chi connectivity index (χ2n) is 4.72. The van der Waals surface area contributed by atoms with Crippen molar-refractivity contribution in [2.45, 2.75) is 32.2 Å². The lowest BCUT2D eigenvalue weighted by Crippen LogP contribution is -2.49. The Balaban J connectivity index is 2.22. The van der Waals surface area contributed by atoms with Crippen LogP contribution in [0.2, 0.25) is 0 Å². The van der Waals surface area contributed by atoms with Gasteiger partial charge in [-0.2, -0.15) is 0 Å². The summed E-state index contributed by atoms with van der Waals surface area (Å²) < 4.78 is 28.4. The average molecular weight is 264 g/mol. The van der Waals surface area contributed by atoms with Crippen LogP contribution >= 0.6 is 0 Å². The lowest BCUT2D eigenvalue weighted by atomic mass is 9.94. The van der Waals surface area contributed by atoms with E-state index in [0.29, 0.717) is 12.0 Å². The van der Waals surface area contributed by atoms with E-state index in [2.05, 4.69) is 12.2 Å². The van der Waals surface area contributed by atoms with E-state index in [1.54, 1.807) is 4.90 Å². The van der Waals surface area contributed by atoms with Crippen LogP contribution < -0.4 is 5.32 Å². The molecule has 1 amide bonds. The Morgan fingerprint density at radius 1 is 1.56 bits per heavy atom. The first-order valence-electron chi connectivity index (χ1n) is 6.35. The van der Waals surface area contributed by atoms with Crippen LogP contribution in [0.25, 0.3) is 0 Å². The van der Waals surface area contributed by atoms with E-state index in [4.69, 9.17) is 4.74 Å². The lowest BCUT2D eigenvalue weighted by molar-refractivity contribution is -0.134. The first-order chi connectivity index (χ1) is 8.54. The molecule has 4 nitrogen and oxygen atoms in total. The zero-order valence-electron chi connectivity index (χ0n) is 11.0. The van der Waals surface area contributed by atoms with Gasteiger partial charge >= 0.3 is 0 Å². The molecule has 0 saturated carbocycles. The maximum absolute atomic E-state index is 11.8. The number of carbonyl (C=O) groups excluding carboxylic acids is 1. The number of likely N-dealkylation sites (tertiary alicyclic amines) is 1. The van der Waals surface area contributed by atoms with Crippen LogP contribution in [0.15, 0.2) is 0 Å². The molecule has 1 heterocycles. The number of nitrogens with zero attached hydrogens (tertiary/aromatic N) is 1. The molecular weight excluding hydrogens is 242 g/mol. The highest BCUT2D eigenvalue weighted by Crippen LogP contribution is 2.17. The second-order valence-corrected chi connectivity index (χ2v) is 4.72. The molecule has 1 rings (SSSR count). The number of ether oxygens (including phenoxy) is 1. The van der Waals surface area contributed by atoms with E-state index in [9.17, 15) is 13.6 Å². The minimum atomic E-state index is -2.47. The topological polar surface area (TPSA) is 41.6 Å². The second kappa shape index (κ2) is 7.63. The lowest BCUT2D eigenvalue weighted by Gasteiger charge is -2.36. The summed E-state index contributed by atoms with van der Waals surface area (Å²) in [6.07, 6.45) is -1.35. The first-order valence-corrected chi connectivity index (χ1v) is 6.35. The Bertz CT molecular complexity index is 264. The normalized spacial score (nSPS) is 24.6. The highest BCUT2D eigenvalue weighted by atomic mass is 19.3. The van der Waals surface area contributed by atoms with Crippen LogP contribution in [0.5, 0.6) is 0 Å². The molecule has 1 aliphatic heterocycles. The van der Waals surface area contributed by atoms with Crippen molar-refractivity contribution in [3.05, 3.63) is 0 Å². The molecule has 6 heteroatoms. The molecule has 0 aromatic carbocycles. The molecule has 2 unspecified atom stereocenters. The predicted molar refractivity (Wildman–Crippen MR) is 64.6 cm³/mol. The van der Waals surface area contributed by atoms with Gasteiger partial charge in [-0.05, 0) is 19.4 Å². The van der Waals surface area contributed by atoms with E-state index >= 15 is 0 Å². The minimum absolute atomic E-state index is 0.00864. The highest BCUT2D eigenvalue weighted by molar-refractivity contribution is 5.76. The van der Waals surface area contributed by atoms with Gasteiger partial charge < -0.3 is 15.0 Å². The molecule has 0 aromatic heterocycles. The van der Waals surface area contributed by atoms with Crippen molar-refractivity contribution >= 4 is 5.91 Å². The summed E-state index contributed by atoms with van der Waals surface area (Å²) in [5.74, 6) is 0.403. The van der Waals surface area contributed by atoms with Crippen molar-refractivity contribution in [3.63, 3.8) is 0 Å². The summed E-state index contributed by atoms with van der Waals surface area (Å²) in [4.78, 5) is 13.6. The first kappa shape index (κ1) is 15.3. The van der Waals surface area contributed by atoms with Crippen LogP contribution in [0.4, 0.5) is 8.78 Å². The number of alkyl halides is 2. The number of rotatable bonds is 6. The Morgan fingerprint density at radius 2 is 2.28 bits per heavy atom. The molecule has 0 aromatic rings. The number of nitrogens with one attached hydrogen (secondary N) is 1. The van der Waals surface area contributed by atoms with Crippen LogP contribution in [-0.4, -0.2) is 56.6 Å². The molecular formula is C12H22F2N2O2. The van der Waals surface area contributed by atoms with Crippen molar-refractivity contribution in [1.29, 1.82) is 0 Å². The van der Waals surface area contributed by atoms with Gasteiger partial charge in [0.25, 0.3) is 6.43 Å². The Kier molecular flexibility index (Phi) is 6.49. The van der Waals surface area contributed by atoms with Gasteiger partial charge in [0, 0.05) is 19.1 Å². The van der Waals surface area contributed by atoms with Crippen LogP contribution in [0.1, 0.15) is 19.8 Å². The number of hydrogen-bond donors (Lipinski definition) is 1. The van der Waals surface area contributed by atoms with Gasteiger partial charge in [0.15, 0.2) is 0 Å². The summed E-state index contributed by atoms with van der Waals surface area (Å²) in [5.41, 5.74) is 0. The van der Waals surface area contributed by atoms with E-state index in [1.165, 1.54) is 0 Å². The monoisotopic (exact) mass is 264 g/mol. The van der Waals surface area contributed by atoms with Gasteiger partial charge in [-0.25, -0.2) is 8.78 Å². The van der Waals surface area contributed by atoms with Gasteiger partial charge in [0.1, 0.15) is 6.61 Å².